The summed E-state index contributed by atoms with van der Waals surface area (Å²) in [6.45, 7) is 5.12. The molecule has 2 rings (SSSR count). The van der Waals surface area contributed by atoms with Crippen LogP contribution < -0.4 is 9.62 Å². The third-order valence-electron chi connectivity index (χ3n) is 5.87. The summed E-state index contributed by atoms with van der Waals surface area (Å²) in [7, 11) is -4.03. The number of hydrogen-bond donors (Lipinski definition) is 1. The number of unbranched alkanes of at least 4 members (excludes halogenated alkanes) is 1. The van der Waals surface area contributed by atoms with Gasteiger partial charge in [0.05, 0.1) is 16.9 Å². The molecule has 0 aliphatic heterocycles. The summed E-state index contributed by atoms with van der Waals surface area (Å²) in [4.78, 5) is 38.8. The normalized spacial score (nSPS) is 12.0. The number of halogens is 1. The molecule has 0 spiro atoms. The molecule has 1 atom stereocenters. The van der Waals surface area contributed by atoms with Crippen LogP contribution in [-0.2, 0) is 26.2 Å². The van der Waals surface area contributed by atoms with E-state index in [-0.39, 0.29) is 30.2 Å². The van der Waals surface area contributed by atoms with Gasteiger partial charge in [0.15, 0.2) is 0 Å². The summed E-state index contributed by atoms with van der Waals surface area (Å²) in [5.41, 5.74) is 0.736. The van der Waals surface area contributed by atoms with Gasteiger partial charge < -0.3 is 10.2 Å². The van der Waals surface area contributed by atoms with Gasteiger partial charge in [-0.2, -0.15) is 0 Å². The average molecular weight is 553 g/mol. The van der Waals surface area contributed by atoms with Crippen LogP contribution in [0.3, 0.4) is 0 Å². The molecule has 0 saturated heterocycles. The number of amides is 2. The maximum atomic E-state index is 13.7. The predicted octanol–water partition coefficient (Wildman–Crippen LogP) is 4.05. The van der Waals surface area contributed by atoms with Gasteiger partial charge in [0, 0.05) is 30.2 Å². The van der Waals surface area contributed by atoms with Gasteiger partial charge in [0.25, 0.3) is 5.69 Å². The van der Waals surface area contributed by atoms with E-state index in [1.165, 1.54) is 17.0 Å². The molecule has 0 fully saturated rings. The summed E-state index contributed by atoms with van der Waals surface area (Å²) in [6.07, 6.45) is 2.86. The van der Waals surface area contributed by atoms with Crippen molar-refractivity contribution in [2.75, 3.05) is 23.7 Å². The minimum Gasteiger partial charge on any atom is -0.354 e. The van der Waals surface area contributed by atoms with E-state index in [9.17, 15) is 28.1 Å². The van der Waals surface area contributed by atoms with E-state index in [2.05, 4.69) is 5.32 Å². The van der Waals surface area contributed by atoms with Crippen LogP contribution in [0.4, 0.5) is 11.4 Å². The fourth-order valence-electron chi connectivity index (χ4n) is 3.81. The highest BCUT2D eigenvalue weighted by atomic mass is 35.5. The highest BCUT2D eigenvalue weighted by Gasteiger charge is 2.32. The molecule has 2 aromatic carbocycles. The SMILES string of the molecule is CCCCNC(=O)C(CC)N(Cc1ccccc1Cl)C(=O)CN(c1cc([N+](=O)[O-])ccc1C)S(C)(=O)=O. The molecule has 0 aliphatic rings. The fourth-order valence-corrected chi connectivity index (χ4v) is 4.91. The molecule has 1 N–H and O–H groups in total. The van der Waals surface area contributed by atoms with Crippen LogP contribution in [0.15, 0.2) is 42.5 Å². The zero-order valence-corrected chi connectivity index (χ0v) is 23.0. The number of carbonyl (C=O) groups excluding carboxylic acids is 2. The Balaban J connectivity index is 2.51. The van der Waals surface area contributed by atoms with Gasteiger partial charge in [0.1, 0.15) is 12.6 Å². The van der Waals surface area contributed by atoms with Crippen molar-refractivity contribution in [3.8, 4) is 0 Å². The number of nitrogens with zero attached hydrogens (tertiary/aromatic N) is 3. The van der Waals surface area contributed by atoms with Crippen molar-refractivity contribution in [3.05, 3.63) is 68.7 Å². The van der Waals surface area contributed by atoms with E-state index in [1.807, 2.05) is 6.92 Å². The van der Waals surface area contributed by atoms with E-state index in [1.54, 1.807) is 38.1 Å². The van der Waals surface area contributed by atoms with Crippen molar-refractivity contribution in [2.24, 2.45) is 0 Å². The van der Waals surface area contributed by atoms with Gasteiger partial charge in [-0.1, -0.05) is 56.1 Å². The van der Waals surface area contributed by atoms with E-state index in [4.69, 9.17) is 11.6 Å². The van der Waals surface area contributed by atoms with Crippen LogP contribution in [0.1, 0.15) is 44.2 Å². The Labute approximate surface area is 222 Å². The molecule has 0 bridgehead atoms. The van der Waals surface area contributed by atoms with Crippen molar-refractivity contribution >= 4 is 44.8 Å². The second-order valence-electron chi connectivity index (χ2n) is 8.68. The number of sulfonamides is 1. The smallest absolute Gasteiger partial charge is 0.271 e. The summed E-state index contributed by atoms with van der Waals surface area (Å²) in [5.74, 6) is -0.998. The molecule has 2 aromatic rings. The fraction of sp³-hybridized carbons (Fsp3) is 0.440. The van der Waals surface area contributed by atoms with Gasteiger partial charge >= 0.3 is 0 Å². The van der Waals surface area contributed by atoms with Crippen LogP contribution >= 0.6 is 11.6 Å². The predicted molar refractivity (Wildman–Crippen MR) is 144 cm³/mol. The Bertz CT molecular complexity index is 1240. The van der Waals surface area contributed by atoms with E-state index in [0.717, 1.165) is 29.5 Å². The van der Waals surface area contributed by atoms with Crippen LogP contribution in [0.2, 0.25) is 5.02 Å². The summed E-state index contributed by atoms with van der Waals surface area (Å²) < 4.78 is 26.4. The lowest BCUT2D eigenvalue weighted by atomic mass is 10.1. The van der Waals surface area contributed by atoms with Crippen molar-refractivity contribution in [2.45, 2.75) is 52.6 Å². The number of carbonyl (C=O) groups is 2. The largest absolute Gasteiger partial charge is 0.354 e. The minimum absolute atomic E-state index is 0.0168. The number of non-ortho nitro benzene ring substituents is 1. The highest BCUT2D eigenvalue weighted by Crippen LogP contribution is 2.28. The standard InChI is InChI=1S/C25H33ClN4O6S/c1-5-7-14-27-25(32)22(6-2)28(16-19-10-8-9-11-21(19)26)24(31)17-29(37(4,35)36)23-15-20(30(33)34)13-12-18(23)3/h8-13,15,22H,5-7,14,16-17H2,1-4H3,(H,27,32). The second kappa shape index (κ2) is 13.4. The van der Waals surface area contributed by atoms with Gasteiger partial charge in [0.2, 0.25) is 21.8 Å². The summed E-state index contributed by atoms with van der Waals surface area (Å²) >= 11 is 6.34. The topological polar surface area (TPSA) is 130 Å². The first kappa shape index (κ1) is 30.0. The summed E-state index contributed by atoms with van der Waals surface area (Å²) in [5, 5.41) is 14.6. The number of aryl methyl sites for hydroxylation is 1. The molecular formula is C25H33ClN4O6S. The maximum Gasteiger partial charge on any atom is 0.271 e. The van der Waals surface area contributed by atoms with Gasteiger partial charge in [-0.25, -0.2) is 8.42 Å². The Hall–Kier alpha value is -3.18. The third kappa shape index (κ3) is 8.16. The Morgan fingerprint density at radius 2 is 1.84 bits per heavy atom. The molecule has 0 radical (unpaired) electrons. The van der Waals surface area contributed by atoms with Crippen molar-refractivity contribution < 1.29 is 22.9 Å². The number of nitro benzene ring substituents is 1. The molecule has 1 unspecified atom stereocenters. The Morgan fingerprint density at radius 1 is 1.16 bits per heavy atom. The molecule has 0 aromatic heterocycles. The first-order valence-electron chi connectivity index (χ1n) is 11.9. The van der Waals surface area contributed by atoms with E-state index in [0.29, 0.717) is 22.7 Å². The van der Waals surface area contributed by atoms with Crippen molar-refractivity contribution in [3.63, 3.8) is 0 Å². The molecule has 10 nitrogen and oxygen atoms in total. The third-order valence-corrected chi connectivity index (χ3v) is 7.36. The van der Waals surface area contributed by atoms with E-state index >= 15 is 0 Å². The first-order valence-corrected chi connectivity index (χ1v) is 14.2. The van der Waals surface area contributed by atoms with E-state index < -0.39 is 33.4 Å². The van der Waals surface area contributed by atoms with Gasteiger partial charge in [-0.3, -0.25) is 24.0 Å². The van der Waals surface area contributed by atoms with Crippen molar-refractivity contribution in [1.29, 1.82) is 0 Å². The first-order chi connectivity index (χ1) is 17.4. The zero-order chi connectivity index (χ0) is 27.8. The quantitative estimate of drug-likeness (QED) is 0.227. The molecule has 37 heavy (non-hydrogen) atoms. The number of nitro groups is 1. The lowest BCUT2D eigenvalue weighted by Gasteiger charge is -2.33. The lowest BCUT2D eigenvalue weighted by Crippen LogP contribution is -2.52. The zero-order valence-electron chi connectivity index (χ0n) is 21.4. The summed E-state index contributed by atoms with van der Waals surface area (Å²) in [6, 6.07) is 9.81. The van der Waals surface area contributed by atoms with Gasteiger partial charge in [-0.15, -0.1) is 0 Å². The monoisotopic (exact) mass is 552 g/mol. The Kier molecular flexibility index (Phi) is 10.9. The van der Waals surface area contributed by atoms with Crippen molar-refractivity contribution in [1.82, 2.24) is 10.2 Å². The molecule has 0 heterocycles. The molecular weight excluding hydrogens is 520 g/mol. The van der Waals surface area contributed by atoms with Crippen LogP contribution in [0.5, 0.6) is 0 Å². The second-order valence-corrected chi connectivity index (χ2v) is 11.0. The van der Waals surface area contributed by atoms with Crippen LogP contribution in [0, 0.1) is 17.0 Å². The maximum absolute atomic E-state index is 13.7. The molecule has 202 valence electrons. The van der Waals surface area contributed by atoms with Crippen LogP contribution in [0.25, 0.3) is 0 Å². The highest BCUT2D eigenvalue weighted by molar-refractivity contribution is 7.92. The average Bonchev–Trinajstić information content (AvgIpc) is 2.83. The molecule has 2 amide bonds. The number of rotatable bonds is 13. The van der Waals surface area contributed by atoms with Crippen LogP contribution in [-0.4, -0.2) is 55.4 Å². The number of anilines is 1. The Morgan fingerprint density at radius 3 is 2.41 bits per heavy atom. The number of benzene rings is 2. The molecule has 12 heteroatoms. The number of hydrogen-bond acceptors (Lipinski definition) is 6. The van der Waals surface area contributed by atoms with Gasteiger partial charge in [-0.05, 0) is 37.0 Å². The number of nitrogens with one attached hydrogen (secondary N) is 1. The minimum atomic E-state index is -4.03. The lowest BCUT2D eigenvalue weighted by molar-refractivity contribution is -0.384. The molecule has 0 aliphatic carbocycles. The molecule has 0 saturated carbocycles.